The van der Waals surface area contributed by atoms with Crippen molar-refractivity contribution in [1.82, 2.24) is 4.68 Å². The average molecular weight is 520 g/mol. The van der Waals surface area contributed by atoms with Crippen LogP contribution in [0, 0.1) is 11.3 Å². The molecule has 0 spiro atoms. The van der Waals surface area contributed by atoms with Gasteiger partial charge in [-0.25, -0.2) is 0 Å². The van der Waals surface area contributed by atoms with Crippen molar-refractivity contribution in [2.45, 2.75) is 6.42 Å². The van der Waals surface area contributed by atoms with Gasteiger partial charge in [0.05, 0.1) is 21.4 Å². The highest BCUT2D eigenvalue weighted by molar-refractivity contribution is 7.27. The van der Waals surface area contributed by atoms with Crippen LogP contribution in [0.3, 0.4) is 0 Å². The average Bonchev–Trinajstić information content (AvgIpc) is 3.54. The minimum absolute atomic E-state index is 0.0781. The number of para-hydroxylation sites is 2. The maximum absolute atomic E-state index is 9.10. The molecule has 0 aliphatic heterocycles. The Labute approximate surface area is 229 Å². The Morgan fingerprint density at radius 3 is 2.26 bits per heavy atom. The first-order valence-corrected chi connectivity index (χ1v) is 14.1. The van der Waals surface area contributed by atoms with Crippen LogP contribution in [0.25, 0.3) is 52.8 Å². The second kappa shape index (κ2) is 8.69. The second-order valence-corrected chi connectivity index (χ2v) is 11.2. The summed E-state index contributed by atoms with van der Waals surface area (Å²) in [5.41, 5.74) is 8.63. The number of nitrogens with one attached hydrogen (secondary N) is 2. The smallest absolute Gasteiger partial charge is 0.0894 e. The topological polar surface area (TPSA) is 40.8 Å². The van der Waals surface area contributed by atoms with Crippen LogP contribution in [-0.4, -0.2) is 10.4 Å². The third-order valence-electron chi connectivity index (χ3n) is 7.95. The van der Waals surface area contributed by atoms with Gasteiger partial charge in [-0.15, -0.1) is 11.3 Å². The Morgan fingerprint density at radius 2 is 1.44 bits per heavy atom. The fourth-order valence-electron chi connectivity index (χ4n) is 6.17. The first-order valence-electron chi connectivity index (χ1n) is 13.3. The molecule has 39 heavy (non-hydrogen) atoms. The molecule has 0 bridgehead atoms. The van der Waals surface area contributed by atoms with Gasteiger partial charge in [0.25, 0.3) is 0 Å². The first-order chi connectivity index (χ1) is 19.3. The molecule has 186 valence electrons. The number of anilines is 1. The molecule has 4 heteroatoms. The van der Waals surface area contributed by atoms with Crippen LogP contribution in [0.2, 0.25) is 0 Å². The van der Waals surface area contributed by atoms with Gasteiger partial charge < -0.3 is 5.41 Å². The highest BCUT2D eigenvalue weighted by Gasteiger charge is 2.22. The van der Waals surface area contributed by atoms with Crippen molar-refractivity contribution < 1.29 is 0 Å². The SMILES string of the molecule is N=C(c1ccccc1Nn1c2ccccc2c2c3ccccc3c3c4ccccc4sc3c21)C1C=CC=CC1. The van der Waals surface area contributed by atoms with Crippen molar-refractivity contribution in [3.05, 3.63) is 127 Å². The third kappa shape index (κ3) is 3.32. The van der Waals surface area contributed by atoms with Crippen LogP contribution in [0.4, 0.5) is 5.69 Å². The normalized spacial score (nSPS) is 15.2. The Kier molecular flexibility index (Phi) is 4.97. The molecule has 2 heterocycles. The van der Waals surface area contributed by atoms with E-state index in [4.69, 9.17) is 5.41 Å². The van der Waals surface area contributed by atoms with Crippen LogP contribution in [-0.2, 0) is 0 Å². The first kappa shape index (κ1) is 22.3. The zero-order valence-corrected chi connectivity index (χ0v) is 22.0. The number of hydrogen-bond donors (Lipinski definition) is 2. The standard InChI is InChI=1S/C35H25N3S/c36-33(22-12-2-1-3-13-22)25-16-6-9-19-28(25)37-38-29-20-10-7-17-26(29)31-23-14-4-5-15-24(23)32-27-18-8-11-21-30(27)39-35(32)34(31)38/h1-12,14-22,36-37H,13H2. The van der Waals surface area contributed by atoms with Crippen LogP contribution < -0.4 is 5.43 Å². The van der Waals surface area contributed by atoms with Crippen molar-refractivity contribution >= 4 is 75.5 Å². The van der Waals surface area contributed by atoms with Crippen molar-refractivity contribution in [2.75, 3.05) is 5.43 Å². The Hall–Kier alpha value is -4.67. The van der Waals surface area contributed by atoms with E-state index in [0.29, 0.717) is 5.71 Å². The Bertz CT molecular complexity index is 2160. The number of aromatic nitrogens is 1. The molecule has 0 fully saturated rings. The Morgan fingerprint density at radius 1 is 0.744 bits per heavy atom. The van der Waals surface area contributed by atoms with Crippen molar-refractivity contribution in [3.8, 4) is 0 Å². The van der Waals surface area contributed by atoms with Crippen LogP contribution in [0.15, 0.2) is 121 Å². The predicted molar refractivity (Wildman–Crippen MR) is 169 cm³/mol. The lowest BCUT2D eigenvalue weighted by Gasteiger charge is -2.20. The molecule has 1 unspecified atom stereocenters. The van der Waals surface area contributed by atoms with Crippen molar-refractivity contribution in [2.24, 2.45) is 5.92 Å². The van der Waals surface area contributed by atoms with Gasteiger partial charge in [-0.05, 0) is 35.4 Å². The van der Waals surface area contributed by atoms with Crippen LogP contribution >= 0.6 is 11.3 Å². The maximum Gasteiger partial charge on any atom is 0.0894 e. The van der Waals surface area contributed by atoms with Gasteiger partial charge in [-0.2, -0.15) is 0 Å². The quantitative estimate of drug-likeness (QED) is 0.223. The van der Waals surface area contributed by atoms with Crippen LogP contribution in [0.5, 0.6) is 0 Å². The highest BCUT2D eigenvalue weighted by atomic mass is 32.1. The molecule has 7 aromatic rings. The number of benzene rings is 5. The maximum atomic E-state index is 9.10. The number of allylic oxidation sites excluding steroid dienone is 4. The zero-order chi connectivity index (χ0) is 25.9. The summed E-state index contributed by atoms with van der Waals surface area (Å²) >= 11 is 1.86. The number of nitrogens with zero attached hydrogens (tertiary/aromatic N) is 1. The summed E-state index contributed by atoms with van der Waals surface area (Å²) in [5, 5.41) is 16.8. The summed E-state index contributed by atoms with van der Waals surface area (Å²) in [6.07, 6.45) is 9.24. The van der Waals surface area contributed by atoms with Crippen molar-refractivity contribution in [3.63, 3.8) is 0 Å². The molecular weight excluding hydrogens is 494 g/mol. The van der Waals surface area contributed by atoms with E-state index in [1.54, 1.807) is 0 Å². The fraction of sp³-hybridized carbons (Fsp3) is 0.0571. The summed E-state index contributed by atoms with van der Waals surface area (Å²) in [4.78, 5) is 0. The summed E-state index contributed by atoms with van der Waals surface area (Å²) < 4.78 is 4.83. The summed E-state index contributed by atoms with van der Waals surface area (Å²) in [6, 6.07) is 34.4. The lowest BCUT2D eigenvalue weighted by atomic mass is 9.90. The van der Waals surface area contributed by atoms with Crippen molar-refractivity contribution in [1.29, 1.82) is 5.41 Å². The lowest BCUT2D eigenvalue weighted by Crippen LogP contribution is -2.17. The van der Waals surface area contributed by atoms with Gasteiger partial charge in [-0.3, -0.25) is 10.1 Å². The molecule has 2 N–H and O–H groups in total. The predicted octanol–water partition coefficient (Wildman–Crippen LogP) is 9.69. The molecule has 3 nitrogen and oxygen atoms in total. The summed E-state index contributed by atoms with van der Waals surface area (Å²) in [5.74, 6) is 0.0781. The van der Waals surface area contributed by atoms with E-state index in [9.17, 15) is 0 Å². The zero-order valence-electron chi connectivity index (χ0n) is 21.2. The second-order valence-electron chi connectivity index (χ2n) is 10.2. The number of fused-ring (bicyclic) bond motifs is 10. The van der Waals surface area contributed by atoms with E-state index in [0.717, 1.165) is 23.2 Å². The molecule has 5 aromatic carbocycles. The number of thiophene rings is 1. The molecule has 8 rings (SSSR count). The molecule has 1 atom stereocenters. The summed E-state index contributed by atoms with van der Waals surface area (Å²) in [7, 11) is 0. The molecule has 0 saturated carbocycles. The lowest BCUT2D eigenvalue weighted by molar-refractivity contribution is 0.862. The molecule has 1 aliphatic carbocycles. The van der Waals surface area contributed by atoms with E-state index in [2.05, 4.69) is 119 Å². The van der Waals surface area contributed by atoms with Gasteiger partial charge in [0.2, 0.25) is 0 Å². The van der Waals surface area contributed by atoms with Gasteiger partial charge in [-0.1, -0.05) is 103 Å². The molecular formula is C35H25N3S. The largest absolute Gasteiger partial charge is 0.304 e. The Balaban J connectivity index is 1.46. The molecule has 2 aromatic heterocycles. The van der Waals surface area contributed by atoms with E-state index in [1.165, 1.54) is 47.2 Å². The third-order valence-corrected chi connectivity index (χ3v) is 9.13. The summed E-state index contributed by atoms with van der Waals surface area (Å²) in [6.45, 7) is 0. The van der Waals surface area contributed by atoms with E-state index in [-0.39, 0.29) is 5.92 Å². The van der Waals surface area contributed by atoms with Gasteiger partial charge in [0, 0.05) is 43.4 Å². The molecule has 1 aliphatic rings. The number of hydrogen-bond acceptors (Lipinski definition) is 3. The van der Waals surface area contributed by atoms with E-state index in [1.807, 2.05) is 23.5 Å². The van der Waals surface area contributed by atoms with Gasteiger partial charge >= 0.3 is 0 Å². The molecule has 0 radical (unpaired) electrons. The van der Waals surface area contributed by atoms with Gasteiger partial charge in [0.15, 0.2) is 0 Å². The monoisotopic (exact) mass is 519 g/mol. The highest BCUT2D eigenvalue weighted by Crippen LogP contribution is 2.46. The van der Waals surface area contributed by atoms with E-state index >= 15 is 0 Å². The molecule has 0 saturated heterocycles. The number of rotatable bonds is 4. The van der Waals surface area contributed by atoms with Gasteiger partial charge in [0.1, 0.15) is 0 Å². The van der Waals surface area contributed by atoms with E-state index < -0.39 is 0 Å². The minimum atomic E-state index is 0.0781. The molecule has 0 amide bonds. The van der Waals surface area contributed by atoms with Crippen LogP contribution in [0.1, 0.15) is 12.0 Å². The fourth-order valence-corrected chi connectivity index (χ4v) is 7.43. The minimum Gasteiger partial charge on any atom is -0.304 e.